The van der Waals surface area contributed by atoms with Gasteiger partial charge in [-0.1, -0.05) is 11.6 Å². The summed E-state index contributed by atoms with van der Waals surface area (Å²) in [5.41, 5.74) is -0.767. The molecule has 1 heterocycles. The monoisotopic (exact) mass is 343 g/mol. The van der Waals surface area contributed by atoms with Crippen molar-refractivity contribution in [3.63, 3.8) is 0 Å². The lowest BCUT2D eigenvalue weighted by Crippen LogP contribution is -2.26. The Bertz CT molecular complexity index is 747. The topological polar surface area (TPSA) is 62.8 Å². The van der Waals surface area contributed by atoms with Crippen LogP contribution in [0.4, 0.5) is 18.9 Å². The van der Waals surface area contributed by atoms with Crippen LogP contribution >= 0.6 is 11.6 Å². The molecule has 0 fully saturated rings. The maximum absolute atomic E-state index is 12.7. The normalized spacial score (nSPS) is 13.2. The molecule has 0 radical (unpaired) electrons. The number of furan rings is 1. The minimum Gasteiger partial charge on any atom is -0.504 e. The molecule has 0 amide bonds. The van der Waals surface area contributed by atoms with Crippen molar-refractivity contribution >= 4 is 35.0 Å². The lowest BCUT2D eigenvalue weighted by atomic mass is 10.1. The third-order valence-electron chi connectivity index (χ3n) is 2.68. The number of aliphatic hydroxyl groups excluding tert-OH is 1. The molecule has 8 heteroatoms. The molecule has 2 aromatic rings. The van der Waals surface area contributed by atoms with Crippen molar-refractivity contribution in [3.8, 4) is 0 Å². The summed E-state index contributed by atoms with van der Waals surface area (Å²) >= 11 is 5.69. The van der Waals surface area contributed by atoms with Crippen LogP contribution in [0.2, 0.25) is 5.02 Å². The van der Waals surface area contributed by atoms with E-state index in [0.717, 1.165) is 6.26 Å². The number of hydrogen-bond acceptors (Lipinski definition) is 4. The van der Waals surface area contributed by atoms with Crippen LogP contribution in [0.25, 0.3) is 5.76 Å². The molecule has 0 saturated heterocycles. The number of allylic oxidation sites excluding steroid dienone is 1. The van der Waals surface area contributed by atoms with Crippen LogP contribution in [0.1, 0.15) is 5.76 Å². The number of ketones is 1. The highest BCUT2D eigenvalue weighted by atomic mass is 35.5. The van der Waals surface area contributed by atoms with Gasteiger partial charge in [-0.25, -0.2) is 0 Å². The Morgan fingerprint density at radius 3 is 2.39 bits per heavy atom. The fraction of sp³-hybridized carbons (Fsp3) is 0.0667. The lowest BCUT2D eigenvalue weighted by Gasteiger charge is -2.07. The number of carbonyl (C=O) groups excluding carboxylic acids is 1. The number of Topliss-reactive ketones (excluding diaryl/α,β-unsaturated/α-hetero) is 1. The highest BCUT2D eigenvalue weighted by molar-refractivity contribution is 6.30. The van der Waals surface area contributed by atoms with E-state index in [1.54, 1.807) is 0 Å². The minimum absolute atomic E-state index is 0.258. The first-order chi connectivity index (χ1) is 10.8. The van der Waals surface area contributed by atoms with Gasteiger partial charge in [0.25, 0.3) is 5.78 Å². The predicted octanol–water partition coefficient (Wildman–Crippen LogP) is 4.74. The van der Waals surface area contributed by atoms with Crippen LogP contribution in [-0.2, 0) is 4.79 Å². The van der Waals surface area contributed by atoms with Gasteiger partial charge in [0.15, 0.2) is 11.5 Å². The van der Waals surface area contributed by atoms with Crippen LogP contribution in [0, 0.1) is 0 Å². The molecule has 120 valence electrons. The summed E-state index contributed by atoms with van der Waals surface area (Å²) in [6.07, 6.45) is -3.38. The molecule has 0 bridgehead atoms. The van der Waals surface area contributed by atoms with E-state index in [-0.39, 0.29) is 11.4 Å². The SMILES string of the molecule is O=C(/C(C=Nc1ccc(Cl)cc1)=C(\O)c1ccco1)C(F)(F)F. The number of aliphatic imine (C=N–C) groups is 1. The molecule has 1 aromatic carbocycles. The van der Waals surface area contributed by atoms with E-state index in [1.807, 2.05) is 0 Å². The summed E-state index contributed by atoms with van der Waals surface area (Å²) in [6.45, 7) is 0. The molecular weight excluding hydrogens is 335 g/mol. The second kappa shape index (κ2) is 6.70. The van der Waals surface area contributed by atoms with Crippen LogP contribution in [0.3, 0.4) is 0 Å². The molecule has 4 nitrogen and oxygen atoms in total. The number of carbonyl (C=O) groups is 1. The zero-order chi connectivity index (χ0) is 17.0. The van der Waals surface area contributed by atoms with Crippen molar-refractivity contribution in [1.29, 1.82) is 0 Å². The van der Waals surface area contributed by atoms with E-state index in [0.29, 0.717) is 11.2 Å². The van der Waals surface area contributed by atoms with E-state index < -0.39 is 23.3 Å². The van der Waals surface area contributed by atoms with Gasteiger partial charge in [0, 0.05) is 11.2 Å². The third-order valence-corrected chi connectivity index (χ3v) is 2.93. The van der Waals surface area contributed by atoms with E-state index in [9.17, 15) is 23.1 Å². The molecule has 0 spiro atoms. The number of halogens is 4. The summed E-state index contributed by atoms with van der Waals surface area (Å²) in [6, 6.07) is 8.43. The first-order valence-electron chi connectivity index (χ1n) is 6.17. The van der Waals surface area contributed by atoms with Crippen LogP contribution in [0.5, 0.6) is 0 Å². The summed E-state index contributed by atoms with van der Waals surface area (Å²) in [4.78, 5) is 15.2. The summed E-state index contributed by atoms with van der Waals surface area (Å²) < 4.78 is 42.8. The zero-order valence-corrected chi connectivity index (χ0v) is 12.1. The molecule has 0 saturated carbocycles. The number of hydrogen-bond donors (Lipinski definition) is 1. The molecule has 1 N–H and O–H groups in total. The largest absolute Gasteiger partial charge is 0.504 e. The quantitative estimate of drug-likeness (QED) is 0.495. The number of alkyl halides is 3. The maximum atomic E-state index is 12.7. The second-order valence-electron chi connectivity index (χ2n) is 4.30. The lowest BCUT2D eigenvalue weighted by molar-refractivity contribution is -0.165. The first-order valence-corrected chi connectivity index (χ1v) is 6.55. The Balaban J connectivity index is 2.44. The van der Waals surface area contributed by atoms with E-state index in [4.69, 9.17) is 16.0 Å². The molecule has 0 aliphatic heterocycles. The Hall–Kier alpha value is -2.54. The maximum Gasteiger partial charge on any atom is 0.455 e. The van der Waals surface area contributed by atoms with E-state index >= 15 is 0 Å². The number of aliphatic hydroxyl groups is 1. The smallest absolute Gasteiger partial charge is 0.455 e. The van der Waals surface area contributed by atoms with Gasteiger partial charge in [-0.05, 0) is 36.4 Å². The Kier molecular flexibility index (Phi) is 4.90. The third kappa shape index (κ3) is 4.23. The molecule has 0 atom stereocenters. The fourth-order valence-corrected chi connectivity index (χ4v) is 1.72. The predicted molar refractivity (Wildman–Crippen MR) is 78.9 cm³/mol. The van der Waals surface area contributed by atoms with Gasteiger partial charge in [-0.3, -0.25) is 9.79 Å². The van der Waals surface area contributed by atoms with Gasteiger partial charge in [-0.2, -0.15) is 13.2 Å². The molecular formula is C15H9ClF3NO3. The minimum atomic E-state index is -5.16. The summed E-state index contributed by atoms with van der Waals surface area (Å²) in [5, 5.41) is 10.3. The highest BCUT2D eigenvalue weighted by Gasteiger charge is 2.42. The van der Waals surface area contributed by atoms with E-state index in [1.165, 1.54) is 36.4 Å². The van der Waals surface area contributed by atoms with Crippen molar-refractivity contribution in [1.82, 2.24) is 0 Å². The first kappa shape index (κ1) is 16.8. The van der Waals surface area contributed by atoms with Crippen molar-refractivity contribution in [3.05, 3.63) is 59.0 Å². The van der Waals surface area contributed by atoms with Gasteiger partial charge >= 0.3 is 6.18 Å². The average Bonchev–Trinajstić information content (AvgIpc) is 3.02. The van der Waals surface area contributed by atoms with Crippen molar-refractivity contribution in [2.24, 2.45) is 4.99 Å². The Morgan fingerprint density at radius 2 is 1.87 bits per heavy atom. The van der Waals surface area contributed by atoms with Gasteiger partial charge in [-0.15, -0.1) is 0 Å². The van der Waals surface area contributed by atoms with Crippen LogP contribution in [-0.4, -0.2) is 23.3 Å². The molecule has 23 heavy (non-hydrogen) atoms. The van der Waals surface area contributed by atoms with Gasteiger partial charge in [0.2, 0.25) is 0 Å². The summed E-state index contributed by atoms with van der Waals surface area (Å²) in [5.74, 6) is -3.46. The number of rotatable bonds is 4. The van der Waals surface area contributed by atoms with Crippen LogP contribution in [0.15, 0.2) is 57.6 Å². The molecule has 2 rings (SSSR count). The number of nitrogens with zero attached hydrogens (tertiary/aromatic N) is 1. The standard InChI is InChI=1S/C15H9ClF3NO3/c16-9-3-5-10(6-4-9)20-8-11(14(22)15(17,18)19)13(21)12-2-1-7-23-12/h1-8,21H/b13-11-,20-8?. The molecule has 0 aliphatic rings. The summed E-state index contributed by atoms with van der Waals surface area (Å²) in [7, 11) is 0. The highest BCUT2D eigenvalue weighted by Crippen LogP contribution is 2.26. The average molecular weight is 344 g/mol. The molecule has 1 aromatic heterocycles. The van der Waals surface area contributed by atoms with Crippen molar-refractivity contribution < 1.29 is 27.5 Å². The van der Waals surface area contributed by atoms with Gasteiger partial charge in [0.1, 0.15) is 0 Å². The Morgan fingerprint density at radius 1 is 1.22 bits per heavy atom. The van der Waals surface area contributed by atoms with Gasteiger partial charge < -0.3 is 9.52 Å². The van der Waals surface area contributed by atoms with E-state index in [2.05, 4.69) is 4.99 Å². The van der Waals surface area contributed by atoms with Crippen molar-refractivity contribution in [2.45, 2.75) is 6.18 Å². The Labute approximate surface area is 133 Å². The van der Waals surface area contributed by atoms with Crippen LogP contribution < -0.4 is 0 Å². The molecule has 0 aliphatic carbocycles. The zero-order valence-electron chi connectivity index (χ0n) is 11.3. The van der Waals surface area contributed by atoms with Crippen molar-refractivity contribution in [2.75, 3.05) is 0 Å². The molecule has 0 unspecified atom stereocenters. The fourth-order valence-electron chi connectivity index (χ4n) is 1.59. The number of benzene rings is 1. The van der Waals surface area contributed by atoms with Gasteiger partial charge in [0.05, 0.1) is 17.5 Å². The second-order valence-corrected chi connectivity index (χ2v) is 4.74.